The molecule has 2 fully saturated rings. The van der Waals surface area contributed by atoms with Gasteiger partial charge in [-0.3, -0.25) is 9.59 Å². The summed E-state index contributed by atoms with van der Waals surface area (Å²) in [4.78, 5) is 25.2. The normalized spacial score (nSPS) is 32.6. The molecule has 4 nitrogen and oxygen atoms in total. The fraction of sp³-hybridized carbons (Fsp3) is 0.833. The first kappa shape index (κ1) is 12.7. The molecule has 1 saturated carbocycles. The lowest BCUT2D eigenvalue weighted by atomic mass is 9.94. The van der Waals surface area contributed by atoms with E-state index in [1.54, 1.807) is 4.90 Å². The monoisotopic (exact) mass is 257 g/mol. The lowest BCUT2D eigenvalue weighted by molar-refractivity contribution is -0.149. The Balaban J connectivity index is 2.00. The van der Waals surface area contributed by atoms with Crippen LogP contribution in [0.1, 0.15) is 25.7 Å². The molecule has 1 aliphatic carbocycles. The third-order valence-electron chi connectivity index (χ3n) is 3.95. The molecule has 0 bridgehead atoms. The van der Waals surface area contributed by atoms with Crippen LogP contribution in [0.15, 0.2) is 0 Å². The van der Waals surface area contributed by atoms with E-state index in [1.165, 1.54) is 0 Å². The van der Waals surface area contributed by atoms with Crippen LogP contribution in [0.5, 0.6) is 0 Å². The highest BCUT2D eigenvalue weighted by molar-refractivity contribution is 7.99. The van der Waals surface area contributed by atoms with E-state index in [-0.39, 0.29) is 11.8 Å². The Morgan fingerprint density at radius 1 is 1.24 bits per heavy atom. The lowest BCUT2D eigenvalue weighted by Gasteiger charge is -2.28. The van der Waals surface area contributed by atoms with Crippen molar-refractivity contribution in [2.45, 2.75) is 31.7 Å². The second-order valence-corrected chi connectivity index (χ2v) is 6.10. The fourth-order valence-electron chi connectivity index (χ4n) is 2.82. The van der Waals surface area contributed by atoms with Gasteiger partial charge in [-0.15, -0.1) is 0 Å². The van der Waals surface area contributed by atoms with Gasteiger partial charge in [-0.2, -0.15) is 11.8 Å². The third-order valence-corrected chi connectivity index (χ3v) is 5.10. The van der Waals surface area contributed by atoms with E-state index < -0.39 is 11.9 Å². The summed E-state index contributed by atoms with van der Waals surface area (Å²) in [7, 11) is 1.83. The number of carbonyl (C=O) groups excluding carboxylic acids is 1. The molecule has 2 aliphatic rings. The standard InChI is InChI=1S/C12H19NO3S/c1-13(8-5-6-17-7-8)11(14)9-3-2-4-10(9)12(15)16/h8-10H,2-7H2,1H3,(H,15,16)/t8?,9-,10+/m1/s1. The van der Waals surface area contributed by atoms with Crippen LogP contribution in [0.4, 0.5) is 0 Å². The predicted octanol–water partition coefficient (Wildman–Crippen LogP) is 1.45. The van der Waals surface area contributed by atoms with Crippen LogP contribution in [0.25, 0.3) is 0 Å². The summed E-state index contributed by atoms with van der Waals surface area (Å²) in [6.07, 6.45) is 3.29. The minimum Gasteiger partial charge on any atom is -0.481 e. The number of carbonyl (C=O) groups is 2. The second kappa shape index (κ2) is 5.29. The van der Waals surface area contributed by atoms with Gasteiger partial charge in [0.25, 0.3) is 0 Å². The summed E-state index contributed by atoms with van der Waals surface area (Å²) >= 11 is 1.87. The van der Waals surface area contributed by atoms with Gasteiger partial charge in [-0.05, 0) is 25.0 Å². The highest BCUT2D eigenvalue weighted by atomic mass is 32.2. The van der Waals surface area contributed by atoms with Gasteiger partial charge in [0.15, 0.2) is 0 Å². The van der Waals surface area contributed by atoms with Crippen molar-refractivity contribution in [3.8, 4) is 0 Å². The lowest BCUT2D eigenvalue weighted by Crippen LogP contribution is -2.42. The molecule has 0 aromatic rings. The number of hydrogen-bond donors (Lipinski definition) is 1. The van der Waals surface area contributed by atoms with Crippen molar-refractivity contribution >= 4 is 23.6 Å². The van der Waals surface area contributed by atoms with Crippen LogP contribution in [0.3, 0.4) is 0 Å². The fourth-order valence-corrected chi connectivity index (χ4v) is 4.09. The summed E-state index contributed by atoms with van der Waals surface area (Å²) in [6, 6.07) is 0.308. The number of thioether (sulfide) groups is 1. The third kappa shape index (κ3) is 2.59. The molecular formula is C12H19NO3S. The molecule has 3 atom stereocenters. The quantitative estimate of drug-likeness (QED) is 0.831. The maximum atomic E-state index is 12.3. The zero-order chi connectivity index (χ0) is 12.4. The van der Waals surface area contributed by atoms with Gasteiger partial charge in [-0.25, -0.2) is 0 Å². The first-order valence-corrected chi connectivity index (χ1v) is 7.34. The van der Waals surface area contributed by atoms with E-state index in [9.17, 15) is 9.59 Å². The molecule has 1 N–H and O–H groups in total. The molecule has 17 heavy (non-hydrogen) atoms. The van der Waals surface area contributed by atoms with Crippen molar-refractivity contribution in [2.75, 3.05) is 18.6 Å². The first-order valence-electron chi connectivity index (χ1n) is 6.18. The van der Waals surface area contributed by atoms with Gasteiger partial charge in [0.2, 0.25) is 5.91 Å². The van der Waals surface area contributed by atoms with E-state index in [0.29, 0.717) is 12.5 Å². The SMILES string of the molecule is CN(C(=O)[C@@H]1CCC[C@@H]1C(=O)O)C1CCSC1. The Kier molecular flexibility index (Phi) is 3.97. The van der Waals surface area contributed by atoms with Crippen molar-refractivity contribution in [1.82, 2.24) is 4.90 Å². The Hall–Kier alpha value is -0.710. The summed E-state index contributed by atoms with van der Waals surface area (Å²) in [5.41, 5.74) is 0. The second-order valence-electron chi connectivity index (χ2n) is 4.95. The van der Waals surface area contributed by atoms with Crippen LogP contribution in [-0.2, 0) is 9.59 Å². The first-order chi connectivity index (χ1) is 8.11. The molecule has 0 aromatic heterocycles. The molecular weight excluding hydrogens is 238 g/mol. The smallest absolute Gasteiger partial charge is 0.307 e. The average Bonchev–Trinajstić information content (AvgIpc) is 2.97. The van der Waals surface area contributed by atoms with Crippen molar-refractivity contribution in [3.05, 3.63) is 0 Å². The van der Waals surface area contributed by atoms with E-state index in [2.05, 4.69) is 0 Å². The van der Waals surface area contributed by atoms with Gasteiger partial charge in [0.05, 0.1) is 11.8 Å². The number of nitrogens with zero attached hydrogens (tertiary/aromatic N) is 1. The van der Waals surface area contributed by atoms with E-state index >= 15 is 0 Å². The van der Waals surface area contributed by atoms with E-state index in [4.69, 9.17) is 5.11 Å². The van der Waals surface area contributed by atoms with Gasteiger partial charge >= 0.3 is 5.97 Å². The molecule has 2 rings (SSSR count). The van der Waals surface area contributed by atoms with Crippen LogP contribution in [0.2, 0.25) is 0 Å². The zero-order valence-corrected chi connectivity index (χ0v) is 10.9. The Morgan fingerprint density at radius 2 is 1.94 bits per heavy atom. The summed E-state index contributed by atoms with van der Waals surface area (Å²) in [5, 5.41) is 9.10. The summed E-state index contributed by atoms with van der Waals surface area (Å²) in [6.45, 7) is 0. The van der Waals surface area contributed by atoms with Crippen LogP contribution >= 0.6 is 11.8 Å². The van der Waals surface area contributed by atoms with Gasteiger partial charge < -0.3 is 10.0 Å². The molecule has 1 amide bonds. The Bertz CT molecular complexity index is 315. The maximum absolute atomic E-state index is 12.3. The van der Waals surface area contributed by atoms with Crippen molar-refractivity contribution in [2.24, 2.45) is 11.8 Å². The molecule has 5 heteroatoms. The van der Waals surface area contributed by atoms with Crippen molar-refractivity contribution in [3.63, 3.8) is 0 Å². The topological polar surface area (TPSA) is 57.6 Å². The molecule has 96 valence electrons. The average molecular weight is 257 g/mol. The largest absolute Gasteiger partial charge is 0.481 e. The highest BCUT2D eigenvalue weighted by Gasteiger charge is 2.40. The van der Waals surface area contributed by atoms with Crippen molar-refractivity contribution < 1.29 is 14.7 Å². The molecule has 0 aromatic carbocycles. The Labute approximate surface area is 106 Å². The van der Waals surface area contributed by atoms with Gasteiger partial charge in [-0.1, -0.05) is 6.42 Å². The maximum Gasteiger partial charge on any atom is 0.307 e. The Morgan fingerprint density at radius 3 is 2.53 bits per heavy atom. The minimum absolute atomic E-state index is 0.0439. The highest BCUT2D eigenvalue weighted by Crippen LogP contribution is 2.34. The van der Waals surface area contributed by atoms with Crippen LogP contribution < -0.4 is 0 Å². The number of rotatable bonds is 3. The molecule has 0 spiro atoms. The summed E-state index contributed by atoms with van der Waals surface area (Å²) < 4.78 is 0. The van der Waals surface area contributed by atoms with Crippen LogP contribution in [-0.4, -0.2) is 46.5 Å². The zero-order valence-electron chi connectivity index (χ0n) is 10.1. The molecule has 0 radical (unpaired) electrons. The number of carboxylic acids is 1. The van der Waals surface area contributed by atoms with E-state index in [0.717, 1.165) is 30.8 Å². The minimum atomic E-state index is -0.810. The molecule has 1 unspecified atom stereocenters. The predicted molar refractivity (Wildman–Crippen MR) is 67.0 cm³/mol. The van der Waals surface area contributed by atoms with Crippen LogP contribution in [0, 0.1) is 11.8 Å². The molecule has 1 saturated heterocycles. The number of amides is 1. The summed E-state index contributed by atoms with van der Waals surface area (Å²) in [5.74, 6) is 0.585. The van der Waals surface area contributed by atoms with Crippen molar-refractivity contribution in [1.29, 1.82) is 0 Å². The number of carboxylic acid groups (broad SMARTS) is 1. The van der Waals surface area contributed by atoms with Gasteiger partial charge in [0, 0.05) is 18.8 Å². The molecule has 1 heterocycles. The van der Waals surface area contributed by atoms with E-state index in [1.807, 2.05) is 18.8 Å². The number of aliphatic carboxylic acids is 1. The van der Waals surface area contributed by atoms with Gasteiger partial charge in [0.1, 0.15) is 0 Å². The molecule has 1 aliphatic heterocycles. The number of hydrogen-bond acceptors (Lipinski definition) is 3.